The van der Waals surface area contributed by atoms with Gasteiger partial charge in [-0.3, -0.25) is 9.59 Å². The summed E-state index contributed by atoms with van der Waals surface area (Å²) in [7, 11) is 1.42. The average Bonchev–Trinajstić information content (AvgIpc) is 3.37. The molecule has 2 atom stereocenters. The smallest absolute Gasteiger partial charge is 0.306 e. The number of esters is 1. The number of benzene rings is 2. The Morgan fingerprint density at radius 2 is 1.87 bits per heavy atom. The molecule has 0 spiro atoms. The van der Waals surface area contributed by atoms with Crippen LogP contribution >= 0.6 is 11.6 Å². The number of amides is 1. The number of nitrogens with zero attached hydrogens (tertiary/aromatic N) is 2. The predicted molar refractivity (Wildman–Crippen MR) is 145 cm³/mol. The zero-order valence-corrected chi connectivity index (χ0v) is 22.8. The van der Waals surface area contributed by atoms with E-state index in [-0.39, 0.29) is 30.0 Å². The fourth-order valence-corrected chi connectivity index (χ4v) is 5.73. The minimum absolute atomic E-state index is 0.0452. The van der Waals surface area contributed by atoms with Crippen LogP contribution in [-0.4, -0.2) is 48.1 Å². The number of rotatable bonds is 7. The standard InChI is InChI=1S/C30H32ClFN2O5/c1-3-38-28(36)16-19-11-14-33(15-12-19)27(35)18-26-24-7-5-13-34(24)23-10-9-20(31)17-22(23)30(39-26)21-6-4-8-25(37-2)29(21)32/h4-10,13,17,19,26,30H,3,11-12,14-16,18H2,1-2H3/t26-,30-/m1/s1. The van der Waals surface area contributed by atoms with E-state index in [0.29, 0.717) is 42.3 Å². The third-order valence-electron chi connectivity index (χ3n) is 7.53. The van der Waals surface area contributed by atoms with Gasteiger partial charge < -0.3 is 23.7 Å². The highest BCUT2D eigenvalue weighted by molar-refractivity contribution is 6.30. The van der Waals surface area contributed by atoms with Crippen LogP contribution in [0.2, 0.25) is 5.02 Å². The molecule has 3 aromatic rings. The molecule has 0 unspecified atom stereocenters. The predicted octanol–water partition coefficient (Wildman–Crippen LogP) is 6.02. The van der Waals surface area contributed by atoms with Crippen LogP contribution in [0.1, 0.15) is 61.6 Å². The molecule has 1 saturated heterocycles. The number of fused-ring (bicyclic) bond motifs is 3. The van der Waals surface area contributed by atoms with E-state index in [9.17, 15) is 9.59 Å². The van der Waals surface area contributed by atoms with Crippen molar-refractivity contribution >= 4 is 23.5 Å². The molecule has 7 nitrogen and oxygen atoms in total. The van der Waals surface area contributed by atoms with Gasteiger partial charge in [0.15, 0.2) is 11.6 Å². The Morgan fingerprint density at radius 3 is 2.62 bits per heavy atom. The van der Waals surface area contributed by atoms with Gasteiger partial charge in [0.25, 0.3) is 0 Å². The van der Waals surface area contributed by atoms with Crippen LogP contribution in [0.25, 0.3) is 5.69 Å². The molecule has 0 saturated carbocycles. The fraction of sp³-hybridized carbons (Fsp3) is 0.400. The highest BCUT2D eigenvalue weighted by Gasteiger charge is 2.35. The molecule has 1 fully saturated rings. The van der Waals surface area contributed by atoms with Gasteiger partial charge in [-0.25, -0.2) is 4.39 Å². The molecule has 0 N–H and O–H groups in total. The number of carbonyl (C=O) groups is 2. The number of halogens is 2. The first-order valence-electron chi connectivity index (χ1n) is 13.3. The van der Waals surface area contributed by atoms with Gasteiger partial charge in [0, 0.05) is 41.9 Å². The molecule has 2 aliphatic rings. The molecule has 3 heterocycles. The number of piperidine rings is 1. The molecule has 2 aromatic carbocycles. The Morgan fingerprint density at radius 1 is 1.08 bits per heavy atom. The van der Waals surface area contributed by atoms with Gasteiger partial charge in [-0.2, -0.15) is 0 Å². The van der Waals surface area contributed by atoms with E-state index in [1.807, 2.05) is 33.9 Å². The summed E-state index contributed by atoms with van der Waals surface area (Å²) in [4.78, 5) is 27.2. The van der Waals surface area contributed by atoms with Crippen LogP contribution in [0.5, 0.6) is 5.75 Å². The lowest BCUT2D eigenvalue weighted by molar-refractivity contribution is -0.144. The van der Waals surface area contributed by atoms with Crippen LogP contribution in [0, 0.1) is 11.7 Å². The van der Waals surface area contributed by atoms with E-state index in [1.165, 1.54) is 7.11 Å². The summed E-state index contributed by atoms with van der Waals surface area (Å²) < 4.78 is 34.5. The van der Waals surface area contributed by atoms with Crippen molar-refractivity contribution in [3.05, 3.63) is 82.4 Å². The van der Waals surface area contributed by atoms with Gasteiger partial charge in [-0.15, -0.1) is 0 Å². The number of ether oxygens (including phenoxy) is 3. The van der Waals surface area contributed by atoms with E-state index in [2.05, 4.69) is 0 Å². The highest BCUT2D eigenvalue weighted by atomic mass is 35.5. The maximum atomic E-state index is 15.5. The van der Waals surface area contributed by atoms with Crippen molar-refractivity contribution in [2.24, 2.45) is 5.92 Å². The second-order valence-electron chi connectivity index (χ2n) is 9.91. The minimum Gasteiger partial charge on any atom is -0.494 e. The van der Waals surface area contributed by atoms with Gasteiger partial charge in [0.1, 0.15) is 12.2 Å². The molecule has 0 radical (unpaired) electrons. The number of hydrogen-bond donors (Lipinski definition) is 0. The third kappa shape index (κ3) is 5.68. The molecule has 206 valence electrons. The Labute approximate surface area is 232 Å². The zero-order chi connectivity index (χ0) is 27.5. The summed E-state index contributed by atoms with van der Waals surface area (Å²) >= 11 is 6.39. The summed E-state index contributed by atoms with van der Waals surface area (Å²) in [6.45, 7) is 3.31. The Balaban J connectivity index is 1.41. The van der Waals surface area contributed by atoms with Crippen LogP contribution in [0.4, 0.5) is 4.39 Å². The maximum absolute atomic E-state index is 15.5. The molecule has 1 aromatic heterocycles. The van der Waals surface area contributed by atoms with Crippen LogP contribution < -0.4 is 4.74 Å². The van der Waals surface area contributed by atoms with Crippen molar-refractivity contribution in [1.29, 1.82) is 0 Å². The van der Waals surface area contributed by atoms with Crippen molar-refractivity contribution < 1.29 is 28.2 Å². The number of carbonyl (C=O) groups excluding carboxylic acids is 2. The van der Waals surface area contributed by atoms with Gasteiger partial charge in [0.2, 0.25) is 5.91 Å². The van der Waals surface area contributed by atoms with E-state index in [4.69, 9.17) is 25.8 Å². The summed E-state index contributed by atoms with van der Waals surface area (Å²) in [5.41, 5.74) is 2.61. The van der Waals surface area contributed by atoms with Crippen molar-refractivity contribution in [1.82, 2.24) is 9.47 Å². The van der Waals surface area contributed by atoms with Crippen molar-refractivity contribution in [3.8, 4) is 11.4 Å². The summed E-state index contributed by atoms with van der Waals surface area (Å²) in [5.74, 6) is -0.432. The Kier molecular flexibility index (Phi) is 8.23. The lowest BCUT2D eigenvalue weighted by Gasteiger charge is -2.33. The normalized spacial score (nSPS) is 19.1. The van der Waals surface area contributed by atoms with E-state index in [0.717, 1.165) is 24.2 Å². The highest BCUT2D eigenvalue weighted by Crippen LogP contribution is 2.43. The van der Waals surface area contributed by atoms with E-state index in [1.54, 1.807) is 37.3 Å². The molecule has 1 amide bonds. The van der Waals surface area contributed by atoms with Crippen LogP contribution in [0.15, 0.2) is 54.7 Å². The number of methoxy groups -OCH3 is 1. The molecule has 0 bridgehead atoms. The van der Waals surface area contributed by atoms with Gasteiger partial charge in [-0.1, -0.05) is 23.7 Å². The van der Waals surface area contributed by atoms with Crippen molar-refractivity contribution in [2.45, 2.75) is 44.8 Å². The monoisotopic (exact) mass is 554 g/mol. The summed E-state index contributed by atoms with van der Waals surface area (Å²) in [6.07, 6.45) is 2.42. The van der Waals surface area contributed by atoms with E-state index < -0.39 is 18.0 Å². The lowest BCUT2D eigenvalue weighted by atomic mass is 9.93. The number of likely N-dealkylation sites (tertiary alicyclic amines) is 1. The van der Waals surface area contributed by atoms with E-state index >= 15 is 4.39 Å². The third-order valence-corrected chi connectivity index (χ3v) is 7.76. The van der Waals surface area contributed by atoms with Gasteiger partial charge >= 0.3 is 5.97 Å². The topological polar surface area (TPSA) is 70.0 Å². The molecule has 39 heavy (non-hydrogen) atoms. The molecule has 9 heteroatoms. The second-order valence-corrected chi connectivity index (χ2v) is 10.3. The first-order chi connectivity index (χ1) is 18.9. The molecular formula is C30H32ClFN2O5. The number of hydrogen-bond acceptors (Lipinski definition) is 5. The first-order valence-corrected chi connectivity index (χ1v) is 13.7. The summed E-state index contributed by atoms with van der Waals surface area (Å²) in [6, 6.07) is 14.2. The van der Waals surface area contributed by atoms with Crippen LogP contribution in [-0.2, 0) is 19.1 Å². The average molecular weight is 555 g/mol. The largest absolute Gasteiger partial charge is 0.494 e. The zero-order valence-electron chi connectivity index (χ0n) is 22.1. The van der Waals surface area contributed by atoms with Crippen LogP contribution in [0.3, 0.4) is 0 Å². The second kappa shape index (κ2) is 11.8. The van der Waals surface area contributed by atoms with Crippen molar-refractivity contribution in [2.75, 3.05) is 26.8 Å². The molecule has 0 aliphatic carbocycles. The molecular weight excluding hydrogens is 523 g/mol. The summed E-state index contributed by atoms with van der Waals surface area (Å²) in [5, 5.41) is 0.500. The van der Waals surface area contributed by atoms with Gasteiger partial charge in [0.05, 0.1) is 31.5 Å². The minimum atomic E-state index is -0.818. The SMILES string of the molecule is CCOC(=O)CC1CCN(C(=O)C[C@H]2O[C@H](c3cccc(OC)c3F)c3cc(Cl)ccc3-n3cccc32)CC1. The number of aromatic nitrogens is 1. The van der Waals surface area contributed by atoms with Crippen molar-refractivity contribution in [3.63, 3.8) is 0 Å². The fourth-order valence-electron chi connectivity index (χ4n) is 5.55. The quantitative estimate of drug-likeness (QED) is 0.334. The molecule has 5 rings (SSSR count). The maximum Gasteiger partial charge on any atom is 0.306 e. The lowest BCUT2D eigenvalue weighted by Crippen LogP contribution is -2.39. The molecule has 2 aliphatic heterocycles. The Bertz CT molecular complexity index is 1350. The van der Waals surface area contributed by atoms with Gasteiger partial charge in [-0.05, 0) is 62.1 Å². The Hall–Kier alpha value is -3.36. The first kappa shape index (κ1) is 27.2.